The van der Waals surface area contributed by atoms with E-state index in [2.05, 4.69) is 65.4 Å². The van der Waals surface area contributed by atoms with E-state index in [-0.39, 0.29) is 5.92 Å². The van der Waals surface area contributed by atoms with Gasteiger partial charge in [-0.15, -0.1) is 0 Å². The molecule has 0 amide bonds. The van der Waals surface area contributed by atoms with Crippen LogP contribution in [-0.2, 0) is 6.42 Å². The summed E-state index contributed by atoms with van der Waals surface area (Å²) in [5.41, 5.74) is 5.48. The molecule has 28 heavy (non-hydrogen) atoms. The number of aromatic amines is 2. The van der Waals surface area contributed by atoms with Crippen molar-refractivity contribution in [2.45, 2.75) is 25.2 Å². The number of para-hydroxylation sites is 4. The molecule has 2 atom stereocenters. The molecule has 5 rings (SSSR count). The number of fused-ring (bicyclic) bond motifs is 2. The number of rotatable bonds is 5. The molecule has 0 aliphatic heterocycles. The third kappa shape index (κ3) is 3.07. The van der Waals surface area contributed by atoms with Crippen LogP contribution < -0.4 is 0 Å². The molecule has 0 bridgehead atoms. The average molecular weight is 366 g/mol. The SMILES string of the molecule is C[C@@H](c1ccccc1)[C@H](Cc1nc2ccccc2[nH]1)c1nc2ccccc2[nH]1. The molecule has 4 heteroatoms. The smallest absolute Gasteiger partial charge is 0.111 e. The first kappa shape index (κ1) is 16.8. The lowest BCUT2D eigenvalue weighted by Crippen LogP contribution is -2.14. The van der Waals surface area contributed by atoms with E-state index in [1.54, 1.807) is 0 Å². The molecule has 138 valence electrons. The third-order valence-electron chi connectivity index (χ3n) is 5.54. The van der Waals surface area contributed by atoms with Gasteiger partial charge in [0.15, 0.2) is 0 Å². The Balaban J connectivity index is 1.57. The Kier molecular flexibility index (Phi) is 4.17. The van der Waals surface area contributed by atoms with E-state index in [9.17, 15) is 0 Å². The first-order valence-corrected chi connectivity index (χ1v) is 9.71. The lowest BCUT2D eigenvalue weighted by molar-refractivity contribution is 0.538. The summed E-state index contributed by atoms with van der Waals surface area (Å²) >= 11 is 0. The van der Waals surface area contributed by atoms with Crippen molar-refractivity contribution in [1.82, 2.24) is 19.9 Å². The van der Waals surface area contributed by atoms with Crippen LogP contribution in [0.2, 0.25) is 0 Å². The number of imidazole rings is 2. The molecule has 0 aliphatic carbocycles. The van der Waals surface area contributed by atoms with E-state index in [0.717, 1.165) is 40.1 Å². The highest BCUT2D eigenvalue weighted by molar-refractivity contribution is 5.75. The Bertz CT molecular complexity index is 1150. The topological polar surface area (TPSA) is 57.4 Å². The van der Waals surface area contributed by atoms with Gasteiger partial charge in [0.1, 0.15) is 11.6 Å². The molecule has 0 unspecified atom stereocenters. The lowest BCUT2D eigenvalue weighted by Gasteiger charge is -2.22. The zero-order chi connectivity index (χ0) is 18.9. The molecule has 4 nitrogen and oxygen atoms in total. The summed E-state index contributed by atoms with van der Waals surface area (Å²) in [6.45, 7) is 2.27. The van der Waals surface area contributed by atoms with Gasteiger partial charge >= 0.3 is 0 Å². The van der Waals surface area contributed by atoms with Crippen LogP contribution in [0, 0.1) is 0 Å². The molecular formula is C24H22N4. The van der Waals surface area contributed by atoms with Crippen molar-refractivity contribution in [3.8, 4) is 0 Å². The Morgan fingerprint density at radius 2 is 1.32 bits per heavy atom. The average Bonchev–Trinajstić information content (AvgIpc) is 3.35. The lowest BCUT2D eigenvalue weighted by atomic mass is 9.84. The maximum atomic E-state index is 4.91. The molecule has 0 radical (unpaired) electrons. The van der Waals surface area contributed by atoms with E-state index in [1.165, 1.54) is 5.56 Å². The summed E-state index contributed by atoms with van der Waals surface area (Å²) in [4.78, 5) is 16.8. The molecule has 0 spiro atoms. The van der Waals surface area contributed by atoms with Crippen molar-refractivity contribution in [1.29, 1.82) is 0 Å². The van der Waals surface area contributed by atoms with Crippen molar-refractivity contribution in [2.24, 2.45) is 0 Å². The van der Waals surface area contributed by atoms with Crippen LogP contribution in [0.25, 0.3) is 22.1 Å². The summed E-state index contributed by atoms with van der Waals surface area (Å²) in [6, 6.07) is 27.0. The number of benzene rings is 3. The van der Waals surface area contributed by atoms with Crippen molar-refractivity contribution in [3.63, 3.8) is 0 Å². The monoisotopic (exact) mass is 366 g/mol. The van der Waals surface area contributed by atoms with Gasteiger partial charge in [-0.25, -0.2) is 9.97 Å². The van der Waals surface area contributed by atoms with Gasteiger partial charge in [0, 0.05) is 12.3 Å². The summed E-state index contributed by atoms with van der Waals surface area (Å²) in [5, 5.41) is 0. The van der Waals surface area contributed by atoms with E-state index < -0.39 is 0 Å². The Hall–Kier alpha value is -3.40. The first-order valence-electron chi connectivity index (χ1n) is 9.71. The minimum Gasteiger partial charge on any atom is -0.342 e. The Labute approximate surface area is 163 Å². The van der Waals surface area contributed by atoms with Crippen molar-refractivity contribution in [2.75, 3.05) is 0 Å². The van der Waals surface area contributed by atoms with Gasteiger partial charge < -0.3 is 9.97 Å². The van der Waals surface area contributed by atoms with E-state index in [0.29, 0.717) is 5.92 Å². The molecule has 0 saturated heterocycles. The molecular weight excluding hydrogens is 344 g/mol. The third-order valence-corrected chi connectivity index (χ3v) is 5.54. The molecule has 3 aromatic carbocycles. The van der Waals surface area contributed by atoms with Gasteiger partial charge in [0.2, 0.25) is 0 Å². The molecule has 5 aromatic rings. The molecule has 0 saturated carbocycles. The minimum absolute atomic E-state index is 0.190. The van der Waals surface area contributed by atoms with Gasteiger partial charge in [-0.2, -0.15) is 0 Å². The van der Waals surface area contributed by atoms with Gasteiger partial charge in [0.05, 0.1) is 22.1 Å². The second kappa shape index (κ2) is 6.97. The minimum atomic E-state index is 0.190. The highest BCUT2D eigenvalue weighted by Crippen LogP contribution is 2.34. The number of hydrogen-bond donors (Lipinski definition) is 2. The zero-order valence-electron chi connectivity index (χ0n) is 15.8. The number of aromatic nitrogens is 4. The van der Waals surface area contributed by atoms with Crippen molar-refractivity contribution < 1.29 is 0 Å². The maximum absolute atomic E-state index is 4.91. The Morgan fingerprint density at radius 1 is 0.714 bits per heavy atom. The molecule has 0 aliphatic rings. The normalized spacial score (nSPS) is 13.8. The fraction of sp³-hybridized carbons (Fsp3) is 0.167. The fourth-order valence-corrected chi connectivity index (χ4v) is 3.96. The molecule has 2 aromatic heterocycles. The van der Waals surface area contributed by atoms with Crippen LogP contribution in [0.15, 0.2) is 78.9 Å². The van der Waals surface area contributed by atoms with Crippen molar-refractivity contribution >= 4 is 22.1 Å². The fourth-order valence-electron chi connectivity index (χ4n) is 3.96. The summed E-state index contributed by atoms with van der Waals surface area (Å²) in [7, 11) is 0. The first-order chi connectivity index (χ1) is 13.8. The summed E-state index contributed by atoms with van der Waals surface area (Å²) in [5.74, 6) is 2.50. The van der Waals surface area contributed by atoms with Crippen LogP contribution >= 0.6 is 0 Å². The van der Waals surface area contributed by atoms with Gasteiger partial charge in [-0.05, 0) is 35.7 Å². The summed E-state index contributed by atoms with van der Waals surface area (Å²) in [6.07, 6.45) is 0.796. The number of nitrogens with zero attached hydrogens (tertiary/aromatic N) is 2. The molecule has 2 N–H and O–H groups in total. The summed E-state index contributed by atoms with van der Waals surface area (Å²) < 4.78 is 0. The molecule has 0 fully saturated rings. The highest BCUT2D eigenvalue weighted by Gasteiger charge is 2.25. The standard InChI is InChI=1S/C24H22N4/c1-16(17-9-3-2-4-10-17)18(24-27-21-13-7-8-14-22(21)28-24)15-23-25-19-11-5-6-12-20(19)26-23/h2-14,16,18H,15H2,1H3,(H,25,26)(H,27,28)/t16-,18-/m0/s1. The van der Waals surface area contributed by atoms with Gasteiger partial charge in [-0.3, -0.25) is 0 Å². The predicted octanol–water partition coefficient (Wildman–Crippen LogP) is 5.57. The van der Waals surface area contributed by atoms with Crippen LogP contribution in [0.1, 0.15) is 36.0 Å². The number of hydrogen-bond acceptors (Lipinski definition) is 2. The number of nitrogens with one attached hydrogen (secondary N) is 2. The quantitative estimate of drug-likeness (QED) is 0.427. The number of H-pyrrole nitrogens is 2. The van der Waals surface area contributed by atoms with E-state index in [4.69, 9.17) is 9.97 Å². The molecule has 2 heterocycles. The van der Waals surface area contributed by atoms with E-state index in [1.807, 2.05) is 30.3 Å². The van der Waals surface area contributed by atoms with Crippen molar-refractivity contribution in [3.05, 3.63) is 96.1 Å². The highest BCUT2D eigenvalue weighted by atomic mass is 14.9. The Morgan fingerprint density at radius 3 is 2.00 bits per heavy atom. The van der Waals surface area contributed by atoms with E-state index >= 15 is 0 Å². The zero-order valence-corrected chi connectivity index (χ0v) is 15.8. The van der Waals surface area contributed by atoms with Crippen LogP contribution in [0.3, 0.4) is 0 Å². The second-order valence-corrected chi connectivity index (χ2v) is 7.35. The van der Waals surface area contributed by atoms with Crippen LogP contribution in [0.5, 0.6) is 0 Å². The maximum Gasteiger partial charge on any atom is 0.111 e. The predicted molar refractivity (Wildman–Crippen MR) is 113 cm³/mol. The second-order valence-electron chi connectivity index (χ2n) is 7.35. The van der Waals surface area contributed by atoms with Gasteiger partial charge in [0.25, 0.3) is 0 Å². The van der Waals surface area contributed by atoms with Gasteiger partial charge in [-0.1, -0.05) is 61.5 Å². The van der Waals surface area contributed by atoms with Crippen LogP contribution in [0.4, 0.5) is 0 Å². The largest absolute Gasteiger partial charge is 0.342 e. The van der Waals surface area contributed by atoms with Crippen LogP contribution in [-0.4, -0.2) is 19.9 Å².